The van der Waals surface area contributed by atoms with Gasteiger partial charge in [0.25, 0.3) is 0 Å². The van der Waals surface area contributed by atoms with Crippen LogP contribution in [-0.2, 0) is 0 Å². The quantitative estimate of drug-likeness (QED) is 0.678. The minimum atomic E-state index is 0.358. The van der Waals surface area contributed by atoms with Gasteiger partial charge >= 0.3 is 0 Å². The number of nitrogens with two attached hydrogens (primary N) is 1. The maximum absolute atomic E-state index is 6.06. The van der Waals surface area contributed by atoms with Crippen molar-refractivity contribution in [2.24, 2.45) is 5.73 Å². The normalized spacial score (nSPS) is 18.2. The largest absolute Gasteiger partial charge is 0.327 e. The molecule has 1 aliphatic rings. The van der Waals surface area contributed by atoms with Gasteiger partial charge in [-0.2, -0.15) is 0 Å². The third-order valence-electron chi connectivity index (χ3n) is 3.86. The summed E-state index contributed by atoms with van der Waals surface area (Å²) in [6.45, 7) is 6.74. The Morgan fingerprint density at radius 2 is 2.00 bits per heavy atom. The van der Waals surface area contributed by atoms with E-state index in [0.717, 1.165) is 12.8 Å². The molecule has 1 rings (SSSR count). The van der Waals surface area contributed by atoms with Gasteiger partial charge in [0.2, 0.25) is 0 Å². The summed E-state index contributed by atoms with van der Waals surface area (Å²) in [5.41, 5.74) is 11.0. The van der Waals surface area contributed by atoms with Crippen LogP contribution >= 0.6 is 0 Å². The lowest BCUT2D eigenvalue weighted by molar-refractivity contribution is 0.619. The first kappa shape index (κ1) is 14.5. The summed E-state index contributed by atoms with van der Waals surface area (Å²) < 4.78 is 0. The molecule has 0 aromatic rings. The monoisotopic (exact) mass is 235 g/mol. The first-order valence-corrected chi connectivity index (χ1v) is 7.37. The van der Waals surface area contributed by atoms with Crippen LogP contribution in [0.2, 0.25) is 0 Å². The van der Waals surface area contributed by atoms with E-state index in [2.05, 4.69) is 26.8 Å². The van der Waals surface area contributed by atoms with Crippen molar-refractivity contribution in [1.82, 2.24) is 0 Å². The summed E-state index contributed by atoms with van der Waals surface area (Å²) in [6, 6.07) is 0.358. The number of allylic oxidation sites excluding steroid dienone is 3. The molecule has 0 aliphatic heterocycles. The molecule has 0 aromatic carbocycles. The fourth-order valence-corrected chi connectivity index (χ4v) is 2.55. The summed E-state index contributed by atoms with van der Waals surface area (Å²) in [5, 5.41) is 0. The zero-order chi connectivity index (χ0) is 12.7. The van der Waals surface area contributed by atoms with E-state index >= 15 is 0 Å². The van der Waals surface area contributed by atoms with Crippen molar-refractivity contribution < 1.29 is 0 Å². The van der Waals surface area contributed by atoms with Crippen LogP contribution in [0.3, 0.4) is 0 Å². The molecule has 0 fully saturated rings. The molecule has 1 aliphatic carbocycles. The molecule has 2 N–H and O–H groups in total. The third kappa shape index (κ3) is 4.67. The van der Waals surface area contributed by atoms with Crippen LogP contribution in [0.4, 0.5) is 0 Å². The predicted molar refractivity (Wildman–Crippen MR) is 77.0 cm³/mol. The number of hydrogen-bond acceptors (Lipinski definition) is 1. The molecule has 0 saturated carbocycles. The molecule has 1 unspecified atom stereocenters. The van der Waals surface area contributed by atoms with Gasteiger partial charge in [-0.05, 0) is 50.5 Å². The molecule has 1 heteroatoms. The molecule has 0 radical (unpaired) electrons. The molecule has 0 amide bonds. The van der Waals surface area contributed by atoms with Gasteiger partial charge in [0, 0.05) is 6.04 Å². The Balaban J connectivity index is 2.68. The van der Waals surface area contributed by atoms with Crippen molar-refractivity contribution in [2.75, 3.05) is 0 Å². The lowest BCUT2D eigenvalue weighted by Gasteiger charge is -2.21. The lowest BCUT2D eigenvalue weighted by atomic mass is 9.86. The second-order valence-electron chi connectivity index (χ2n) is 5.26. The maximum atomic E-state index is 6.06. The first-order chi connectivity index (χ1) is 8.21. The molecule has 0 saturated heterocycles. The Kier molecular flexibility index (Phi) is 6.57. The standard InChI is InChI=1S/C16H29N/c1-4-7-8-15-11-13(12-16(17)6-3)9-10-14(15)5-2/h11,16H,4-10,12,17H2,1-3H3. The number of hydrogen-bond donors (Lipinski definition) is 1. The van der Waals surface area contributed by atoms with Gasteiger partial charge in [0.15, 0.2) is 0 Å². The molecule has 0 heterocycles. The summed E-state index contributed by atoms with van der Waals surface area (Å²) in [4.78, 5) is 0. The van der Waals surface area contributed by atoms with E-state index in [1.807, 2.05) is 0 Å². The molecular weight excluding hydrogens is 206 g/mol. The second-order valence-corrected chi connectivity index (χ2v) is 5.26. The highest BCUT2D eigenvalue weighted by Gasteiger charge is 2.13. The van der Waals surface area contributed by atoms with Gasteiger partial charge in [-0.25, -0.2) is 0 Å². The van der Waals surface area contributed by atoms with Crippen molar-refractivity contribution in [3.05, 3.63) is 22.8 Å². The molecular formula is C16H29N. The van der Waals surface area contributed by atoms with Gasteiger partial charge in [-0.3, -0.25) is 0 Å². The lowest BCUT2D eigenvalue weighted by Crippen LogP contribution is -2.19. The minimum absolute atomic E-state index is 0.358. The van der Waals surface area contributed by atoms with Crippen molar-refractivity contribution in [3.63, 3.8) is 0 Å². The highest BCUT2D eigenvalue weighted by molar-refractivity contribution is 5.34. The average molecular weight is 235 g/mol. The Morgan fingerprint density at radius 3 is 2.59 bits per heavy atom. The Labute approximate surface area is 107 Å². The SMILES string of the molecule is CCCCC1=C(CC)CCC(CC(N)CC)=C1. The fourth-order valence-electron chi connectivity index (χ4n) is 2.55. The first-order valence-electron chi connectivity index (χ1n) is 7.37. The van der Waals surface area contributed by atoms with Gasteiger partial charge < -0.3 is 5.73 Å². The third-order valence-corrected chi connectivity index (χ3v) is 3.86. The van der Waals surface area contributed by atoms with Gasteiger partial charge in [-0.1, -0.05) is 44.4 Å². The van der Waals surface area contributed by atoms with Gasteiger partial charge in [0.1, 0.15) is 0 Å². The average Bonchev–Trinajstić information content (AvgIpc) is 2.36. The van der Waals surface area contributed by atoms with Crippen LogP contribution in [0.25, 0.3) is 0 Å². The Bertz CT molecular complexity index is 286. The molecule has 17 heavy (non-hydrogen) atoms. The van der Waals surface area contributed by atoms with E-state index < -0.39 is 0 Å². The molecule has 1 atom stereocenters. The van der Waals surface area contributed by atoms with Crippen molar-refractivity contribution in [2.45, 2.75) is 78.2 Å². The summed E-state index contributed by atoms with van der Waals surface area (Å²) in [6.07, 6.45) is 12.3. The van der Waals surface area contributed by atoms with E-state index in [9.17, 15) is 0 Å². The molecule has 0 bridgehead atoms. The van der Waals surface area contributed by atoms with E-state index in [1.165, 1.54) is 38.5 Å². The van der Waals surface area contributed by atoms with Crippen molar-refractivity contribution in [3.8, 4) is 0 Å². The predicted octanol–water partition coefficient (Wildman–Crippen LogP) is 4.73. The minimum Gasteiger partial charge on any atom is -0.327 e. The van der Waals surface area contributed by atoms with Gasteiger partial charge in [-0.15, -0.1) is 0 Å². The second kappa shape index (κ2) is 7.71. The van der Waals surface area contributed by atoms with Crippen molar-refractivity contribution >= 4 is 0 Å². The van der Waals surface area contributed by atoms with Crippen molar-refractivity contribution in [1.29, 1.82) is 0 Å². The topological polar surface area (TPSA) is 26.0 Å². The smallest absolute Gasteiger partial charge is 0.00735 e. The Hall–Kier alpha value is -0.560. The summed E-state index contributed by atoms with van der Waals surface area (Å²) in [7, 11) is 0. The van der Waals surface area contributed by atoms with Crippen LogP contribution in [0.5, 0.6) is 0 Å². The van der Waals surface area contributed by atoms with Crippen LogP contribution in [0, 0.1) is 0 Å². The van der Waals surface area contributed by atoms with E-state index in [4.69, 9.17) is 5.73 Å². The van der Waals surface area contributed by atoms with Gasteiger partial charge in [0.05, 0.1) is 0 Å². The Morgan fingerprint density at radius 1 is 1.24 bits per heavy atom. The molecule has 98 valence electrons. The zero-order valence-corrected chi connectivity index (χ0v) is 11.9. The van der Waals surface area contributed by atoms with E-state index in [1.54, 1.807) is 16.7 Å². The summed E-state index contributed by atoms with van der Waals surface area (Å²) in [5.74, 6) is 0. The number of rotatable bonds is 7. The van der Waals surface area contributed by atoms with Crippen LogP contribution in [0.1, 0.15) is 72.1 Å². The van der Waals surface area contributed by atoms with E-state index in [-0.39, 0.29) is 0 Å². The molecule has 0 aromatic heterocycles. The molecule has 1 nitrogen and oxygen atoms in total. The van der Waals surface area contributed by atoms with Crippen LogP contribution < -0.4 is 5.73 Å². The van der Waals surface area contributed by atoms with E-state index in [0.29, 0.717) is 6.04 Å². The molecule has 0 spiro atoms. The zero-order valence-electron chi connectivity index (χ0n) is 11.9. The van der Waals surface area contributed by atoms with Crippen LogP contribution in [-0.4, -0.2) is 6.04 Å². The summed E-state index contributed by atoms with van der Waals surface area (Å²) >= 11 is 0. The maximum Gasteiger partial charge on any atom is 0.00735 e. The number of unbranched alkanes of at least 4 members (excludes halogenated alkanes) is 1. The fraction of sp³-hybridized carbons (Fsp3) is 0.750. The van der Waals surface area contributed by atoms with Crippen LogP contribution in [0.15, 0.2) is 22.8 Å². The highest BCUT2D eigenvalue weighted by atomic mass is 14.6. The highest BCUT2D eigenvalue weighted by Crippen LogP contribution is 2.31.